The third kappa shape index (κ3) is 5.41. The number of nitrogens with two attached hydrogens (primary N) is 1. The van der Waals surface area contributed by atoms with Crippen LogP contribution in [-0.4, -0.2) is 47.3 Å². The van der Waals surface area contributed by atoms with Gasteiger partial charge in [-0.2, -0.15) is 0 Å². The van der Waals surface area contributed by atoms with Crippen LogP contribution in [0, 0.1) is 5.92 Å². The van der Waals surface area contributed by atoms with Gasteiger partial charge in [0.15, 0.2) is 0 Å². The van der Waals surface area contributed by atoms with Crippen molar-refractivity contribution in [3.05, 3.63) is 17.6 Å². The number of amides is 1. The van der Waals surface area contributed by atoms with Crippen LogP contribution in [0.2, 0.25) is 0 Å². The van der Waals surface area contributed by atoms with E-state index in [1.807, 2.05) is 6.92 Å². The smallest absolute Gasteiger partial charge is 0.254 e. The molecule has 3 N–H and O–H groups in total. The molecule has 156 valence electrons. The second-order valence-corrected chi connectivity index (χ2v) is 7.89. The first-order chi connectivity index (χ1) is 13.6. The number of anilines is 1. The number of rotatable bonds is 9. The highest BCUT2D eigenvalue weighted by Crippen LogP contribution is 2.29. The molecule has 0 spiro atoms. The average Bonchev–Trinajstić information content (AvgIpc) is 3.11. The van der Waals surface area contributed by atoms with Crippen LogP contribution < -0.4 is 11.1 Å². The molecule has 1 aromatic rings. The maximum Gasteiger partial charge on any atom is 0.254 e. The van der Waals surface area contributed by atoms with E-state index in [4.69, 9.17) is 20.2 Å². The number of carbonyl (C=O) groups is 1. The number of hydrogen-bond acceptors (Lipinski definition) is 6. The van der Waals surface area contributed by atoms with E-state index in [0.717, 1.165) is 63.8 Å². The summed E-state index contributed by atoms with van der Waals surface area (Å²) in [4.78, 5) is 21.0. The summed E-state index contributed by atoms with van der Waals surface area (Å²) >= 11 is 0. The summed E-state index contributed by atoms with van der Waals surface area (Å²) in [6.45, 7) is 5.53. The van der Waals surface area contributed by atoms with Gasteiger partial charge in [0.05, 0.1) is 23.8 Å². The van der Waals surface area contributed by atoms with Gasteiger partial charge in [0.1, 0.15) is 11.6 Å². The van der Waals surface area contributed by atoms with E-state index in [9.17, 15) is 4.79 Å². The number of nitrogens with zero attached hydrogens (tertiary/aromatic N) is 2. The van der Waals surface area contributed by atoms with Crippen molar-refractivity contribution in [3.8, 4) is 0 Å². The molecular formula is C21H34N4O3. The summed E-state index contributed by atoms with van der Waals surface area (Å²) in [5.74, 6) is 1.39. The van der Waals surface area contributed by atoms with Crippen molar-refractivity contribution in [1.29, 1.82) is 0 Å². The van der Waals surface area contributed by atoms with Crippen molar-refractivity contribution in [2.24, 2.45) is 11.7 Å². The molecule has 0 aromatic carbocycles. The van der Waals surface area contributed by atoms with Crippen molar-refractivity contribution in [3.63, 3.8) is 0 Å². The molecule has 0 aliphatic heterocycles. The number of carbonyl (C=O) groups excluding carboxylic acids is 1. The van der Waals surface area contributed by atoms with Crippen LogP contribution >= 0.6 is 0 Å². The number of ether oxygens (including phenoxy) is 2. The highest BCUT2D eigenvalue weighted by Gasteiger charge is 2.29. The van der Waals surface area contributed by atoms with E-state index in [0.29, 0.717) is 30.0 Å². The van der Waals surface area contributed by atoms with Crippen LogP contribution in [0.1, 0.15) is 75.0 Å². The Balaban J connectivity index is 1.67. The van der Waals surface area contributed by atoms with Crippen LogP contribution in [0.25, 0.3) is 0 Å². The van der Waals surface area contributed by atoms with E-state index in [2.05, 4.69) is 17.2 Å². The molecule has 1 aromatic heterocycles. The second-order valence-electron chi connectivity index (χ2n) is 7.89. The molecule has 0 unspecified atom stereocenters. The van der Waals surface area contributed by atoms with Crippen molar-refractivity contribution >= 4 is 11.7 Å². The number of aromatic nitrogens is 2. The molecule has 2 aliphatic rings. The fourth-order valence-electron chi connectivity index (χ4n) is 4.48. The van der Waals surface area contributed by atoms with Crippen LogP contribution in [0.15, 0.2) is 6.20 Å². The SMILES string of the molecule is CCOC1CCC(Cc2ncc(C(N)=O)c(N[C@H]3CCC[C@@H]3OCC)n2)CC1. The summed E-state index contributed by atoms with van der Waals surface area (Å²) in [5, 5.41) is 3.43. The number of primary amides is 1. The third-order valence-corrected chi connectivity index (χ3v) is 5.93. The van der Waals surface area contributed by atoms with Crippen molar-refractivity contribution < 1.29 is 14.3 Å². The van der Waals surface area contributed by atoms with Crippen LogP contribution in [0.4, 0.5) is 5.82 Å². The lowest BCUT2D eigenvalue weighted by Gasteiger charge is -2.28. The molecule has 0 saturated heterocycles. The van der Waals surface area contributed by atoms with Gasteiger partial charge in [0.2, 0.25) is 0 Å². The van der Waals surface area contributed by atoms with Gasteiger partial charge in [0, 0.05) is 25.8 Å². The minimum atomic E-state index is -0.503. The van der Waals surface area contributed by atoms with Crippen LogP contribution in [0.5, 0.6) is 0 Å². The molecular weight excluding hydrogens is 356 g/mol. The van der Waals surface area contributed by atoms with Gasteiger partial charge >= 0.3 is 0 Å². The first-order valence-electron chi connectivity index (χ1n) is 10.8. The Morgan fingerprint density at radius 2 is 1.89 bits per heavy atom. The molecule has 2 saturated carbocycles. The zero-order chi connectivity index (χ0) is 19.9. The molecule has 0 bridgehead atoms. The lowest BCUT2D eigenvalue weighted by molar-refractivity contribution is 0.0255. The van der Waals surface area contributed by atoms with Gasteiger partial charge in [-0.05, 0) is 64.7 Å². The van der Waals surface area contributed by atoms with E-state index in [-0.39, 0.29) is 12.1 Å². The summed E-state index contributed by atoms with van der Waals surface area (Å²) in [6.07, 6.45) is 10.5. The molecule has 7 nitrogen and oxygen atoms in total. The average molecular weight is 391 g/mol. The predicted octanol–water partition coefficient (Wildman–Crippen LogP) is 3.08. The molecule has 28 heavy (non-hydrogen) atoms. The fourth-order valence-corrected chi connectivity index (χ4v) is 4.48. The first-order valence-corrected chi connectivity index (χ1v) is 10.8. The van der Waals surface area contributed by atoms with E-state index < -0.39 is 5.91 Å². The topological polar surface area (TPSA) is 99.4 Å². The lowest BCUT2D eigenvalue weighted by atomic mass is 9.85. The van der Waals surface area contributed by atoms with Gasteiger partial charge in [-0.1, -0.05) is 0 Å². The van der Waals surface area contributed by atoms with Gasteiger partial charge in [0.25, 0.3) is 5.91 Å². The Labute approximate surface area is 167 Å². The van der Waals surface area contributed by atoms with E-state index >= 15 is 0 Å². The lowest BCUT2D eigenvalue weighted by Crippen LogP contribution is -2.32. The van der Waals surface area contributed by atoms with Crippen molar-refractivity contribution in [2.75, 3.05) is 18.5 Å². The van der Waals surface area contributed by atoms with Crippen molar-refractivity contribution in [2.45, 2.75) is 83.5 Å². The maximum absolute atomic E-state index is 11.9. The van der Waals surface area contributed by atoms with E-state index in [1.165, 1.54) is 0 Å². The highest BCUT2D eigenvalue weighted by atomic mass is 16.5. The Kier molecular flexibility index (Phi) is 7.62. The van der Waals surface area contributed by atoms with Crippen molar-refractivity contribution in [1.82, 2.24) is 9.97 Å². The van der Waals surface area contributed by atoms with Gasteiger partial charge in [-0.15, -0.1) is 0 Å². The monoisotopic (exact) mass is 390 g/mol. The Bertz CT molecular complexity index is 647. The quantitative estimate of drug-likeness (QED) is 0.672. The van der Waals surface area contributed by atoms with Gasteiger partial charge < -0.3 is 20.5 Å². The second kappa shape index (κ2) is 10.2. The predicted molar refractivity (Wildman–Crippen MR) is 108 cm³/mol. The Morgan fingerprint density at radius 1 is 1.14 bits per heavy atom. The molecule has 3 rings (SSSR count). The molecule has 2 fully saturated rings. The normalized spacial score (nSPS) is 27.6. The molecule has 2 aliphatic carbocycles. The minimum Gasteiger partial charge on any atom is -0.379 e. The zero-order valence-electron chi connectivity index (χ0n) is 17.2. The van der Waals surface area contributed by atoms with Gasteiger partial charge in [-0.3, -0.25) is 4.79 Å². The van der Waals surface area contributed by atoms with Gasteiger partial charge in [-0.25, -0.2) is 9.97 Å². The molecule has 2 atom stereocenters. The molecule has 0 radical (unpaired) electrons. The number of hydrogen-bond donors (Lipinski definition) is 2. The summed E-state index contributed by atoms with van der Waals surface area (Å²) in [7, 11) is 0. The Hall–Kier alpha value is -1.73. The fraction of sp³-hybridized carbons (Fsp3) is 0.762. The third-order valence-electron chi connectivity index (χ3n) is 5.93. The van der Waals surface area contributed by atoms with Crippen LogP contribution in [-0.2, 0) is 15.9 Å². The maximum atomic E-state index is 11.9. The summed E-state index contributed by atoms with van der Waals surface area (Å²) in [6, 6.07) is 0.155. The van der Waals surface area contributed by atoms with Crippen LogP contribution in [0.3, 0.4) is 0 Å². The molecule has 7 heteroatoms. The summed E-state index contributed by atoms with van der Waals surface area (Å²) in [5.41, 5.74) is 5.91. The highest BCUT2D eigenvalue weighted by molar-refractivity contribution is 5.97. The first kappa shape index (κ1) is 21.0. The van der Waals surface area contributed by atoms with E-state index in [1.54, 1.807) is 6.20 Å². The standard InChI is InChI=1S/C21H34N4O3/c1-3-27-15-10-8-14(9-11-15)12-19-23-13-16(20(22)26)21(25-19)24-17-6-5-7-18(17)28-4-2/h13-15,17-18H,3-12H2,1-2H3,(H2,22,26)(H,23,24,25)/t14?,15?,17-,18-/m0/s1. The minimum absolute atomic E-state index is 0.151. The largest absolute Gasteiger partial charge is 0.379 e. The zero-order valence-corrected chi connectivity index (χ0v) is 17.2. The molecule has 1 amide bonds. The summed E-state index contributed by atoms with van der Waals surface area (Å²) < 4.78 is 11.6. The Morgan fingerprint density at radius 3 is 2.57 bits per heavy atom. The molecule has 1 heterocycles. The number of nitrogens with one attached hydrogen (secondary N) is 1.